The van der Waals surface area contributed by atoms with Gasteiger partial charge >= 0.3 is 0 Å². The van der Waals surface area contributed by atoms with Crippen LogP contribution in [0.15, 0.2) is 11.1 Å². The molecule has 0 saturated carbocycles. The molecule has 1 aromatic heterocycles. The molecule has 12 heavy (non-hydrogen) atoms. The van der Waals surface area contributed by atoms with Crippen molar-refractivity contribution in [3.63, 3.8) is 0 Å². The van der Waals surface area contributed by atoms with Gasteiger partial charge in [-0.1, -0.05) is 0 Å². The van der Waals surface area contributed by atoms with E-state index in [9.17, 15) is 4.79 Å². The second-order valence-corrected chi connectivity index (χ2v) is 2.47. The first-order chi connectivity index (χ1) is 5.72. The average molecular weight is 163 g/mol. The second kappa shape index (κ2) is 3.74. The molecule has 0 radical (unpaired) electrons. The van der Waals surface area contributed by atoms with Gasteiger partial charge in [-0.2, -0.15) is 4.99 Å². The lowest BCUT2D eigenvalue weighted by Gasteiger charge is -1.98. The molecule has 0 aromatic carbocycles. The number of hydrogen-bond donors (Lipinski definition) is 0. The van der Waals surface area contributed by atoms with Gasteiger partial charge in [0.2, 0.25) is 6.08 Å². The van der Waals surface area contributed by atoms with Gasteiger partial charge in [-0.05, 0) is 19.9 Å². The van der Waals surface area contributed by atoms with Crippen LogP contribution in [0.3, 0.4) is 0 Å². The molecule has 1 rings (SSSR count). The van der Waals surface area contributed by atoms with Gasteiger partial charge in [0.05, 0.1) is 0 Å². The molecule has 0 N–H and O–H groups in total. The van der Waals surface area contributed by atoms with Crippen LogP contribution >= 0.6 is 0 Å². The minimum Gasteiger partial charge on any atom is -0.236 e. The summed E-state index contributed by atoms with van der Waals surface area (Å²) in [6.07, 6.45) is 1.45. The molecule has 1 heterocycles. The fourth-order valence-electron chi connectivity index (χ4n) is 0.973. The molecule has 0 atom stereocenters. The molecule has 0 bridgehead atoms. The topological polar surface area (TPSA) is 55.2 Å². The number of hydrogen-bond acceptors (Lipinski definition) is 4. The van der Waals surface area contributed by atoms with Gasteiger partial charge in [0.15, 0.2) is 5.82 Å². The van der Waals surface area contributed by atoms with E-state index in [1.807, 2.05) is 19.9 Å². The highest BCUT2D eigenvalue weighted by atomic mass is 16.1. The molecular weight excluding hydrogens is 154 g/mol. The van der Waals surface area contributed by atoms with E-state index in [1.54, 1.807) is 0 Å². The normalized spacial score (nSPS) is 9.17. The quantitative estimate of drug-likeness (QED) is 0.481. The highest BCUT2D eigenvalue weighted by Crippen LogP contribution is 1.99. The molecule has 0 amide bonds. The third-order valence-corrected chi connectivity index (χ3v) is 1.31. The van der Waals surface area contributed by atoms with Crippen molar-refractivity contribution >= 4 is 6.08 Å². The van der Waals surface area contributed by atoms with E-state index in [1.165, 1.54) is 6.08 Å². The monoisotopic (exact) mass is 163 g/mol. The molecule has 0 aliphatic rings. The fraction of sp³-hybridized carbons (Fsp3) is 0.375. The van der Waals surface area contributed by atoms with Gasteiger partial charge in [0, 0.05) is 11.4 Å². The molecule has 0 fully saturated rings. The van der Waals surface area contributed by atoms with Crippen LogP contribution in [0, 0.1) is 13.8 Å². The van der Waals surface area contributed by atoms with Gasteiger partial charge in [-0.3, -0.25) is 0 Å². The summed E-state index contributed by atoms with van der Waals surface area (Å²) in [5, 5.41) is 0. The lowest BCUT2D eigenvalue weighted by Crippen LogP contribution is -1.97. The van der Waals surface area contributed by atoms with Crippen LogP contribution < -0.4 is 0 Å². The number of nitrogens with zero attached hydrogens (tertiary/aromatic N) is 3. The van der Waals surface area contributed by atoms with E-state index in [0.717, 1.165) is 11.4 Å². The van der Waals surface area contributed by atoms with Crippen molar-refractivity contribution in [1.29, 1.82) is 0 Å². The van der Waals surface area contributed by atoms with E-state index < -0.39 is 0 Å². The highest BCUT2D eigenvalue weighted by molar-refractivity contribution is 5.32. The Morgan fingerprint density at radius 3 is 2.50 bits per heavy atom. The van der Waals surface area contributed by atoms with E-state index in [0.29, 0.717) is 5.82 Å². The summed E-state index contributed by atoms with van der Waals surface area (Å²) in [5.74, 6) is 0.566. The lowest BCUT2D eigenvalue weighted by molar-refractivity contribution is 0.562. The zero-order valence-electron chi connectivity index (χ0n) is 7.03. The molecule has 0 saturated heterocycles. The Morgan fingerprint density at radius 2 is 2.00 bits per heavy atom. The average Bonchev–Trinajstić information content (AvgIpc) is 1.99. The van der Waals surface area contributed by atoms with Crippen molar-refractivity contribution < 1.29 is 4.79 Å². The molecule has 0 unspecified atom stereocenters. The third kappa shape index (κ3) is 2.25. The Kier molecular flexibility index (Phi) is 2.66. The van der Waals surface area contributed by atoms with Crippen LogP contribution in [0.4, 0.5) is 0 Å². The molecule has 0 aliphatic heterocycles. The summed E-state index contributed by atoms with van der Waals surface area (Å²) in [5.41, 5.74) is 1.78. The number of rotatable bonds is 2. The predicted octanol–water partition coefficient (Wildman–Crippen LogP) is 0.929. The zero-order chi connectivity index (χ0) is 8.97. The van der Waals surface area contributed by atoms with Crippen molar-refractivity contribution in [2.24, 2.45) is 4.99 Å². The summed E-state index contributed by atoms with van der Waals surface area (Å²) < 4.78 is 0. The molecule has 1 aromatic rings. The van der Waals surface area contributed by atoms with Crippen LogP contribution in [-0.2, 0) is 11.3 Å². The smallest absolute Gasteiger partial charge is 0.235 e. The molecular formula is C8H9N3O. The van der Waals surface area contributed by atoms with E-state index >= 15 is 0 Å². The summed E-state index contributed by atoms with van der Waals surface area (Å²) in [6.45, 7) is 3.97. The Bertz CT molecular complexity index is 309. The molecule has 62 valence electrons. The van der Waals surface area contributed by atoms with Crippen molar-refractivity contribution in [2.75, 3.05) is 0 Å². The van der Waals surface area contributed by atoms with Crippen LogP contribution in [-0.4, -0.2) is 16.0 Å². The van der Waals surface area contributed by atoms with Crippen molar-refractivity contribution in [2.45, 2.75) is 20.4 Å². The number of isocyanates is 1. The SMILES string of the molecule is Cc1cc(C)nc(CN=C=O)n1. The second-order valence-electron chi connectivity index (χ2n) is 2.47. The minimum absolute atomic E-state index is 0.214. The van der Waals surface area contributed by atoms with Gasteiger partial charge in [-0.15, -0.1) is 0 Å². The Morgan fingerprint density at radius 1 is 1.42 bits per heavy atom. The summed E-state index contributed by atoms with van der Waals surface area (Å²) in [7, 11) is 0. The predicted molar refractivity (Wildman–Crippen MR) is 43.3 cm³/mol. The van der Waals surface area contributed by atoms with Gasteiger partial charge < -0.3 is 0 Å². The van der Waals surface area contributed by atoms with Crippen LogP contribution in [0.25, 0.3) is 0 Å². The first-order valence-electron chi connectivity index (χ1n) is 3.57. The van der Waals surface area contributed by atoms with E-state index in [2.05, 4.69) is 15.0 Å². The van der Waals surface area contributed by atoms with E-state index in [4.69, 9.17) is 0 Å². The highest BCUT2D eigenvalue weighted by Gasteiger charge is 1.96. The van der Waals surface area contributed by atoms with Gasteiger partial charge in [0.25, 0.3) is 0 Å². The van der Waals surface area contributed by atoms with Crippen molar-refractivity contribution in [1.82, 2.24) is 9.97 Å². The summed E-state index contributed by atoms with van der Waals surface area (Å²) >= 11 is 0. The van der Waals surface area contributed by atoms with Gasteiger partial charge in [0.1, 0.15) is 6.54 Å². The minimum atomic E-state index is 0.214. The maximum atomic E-state index is 9.80. The van der Waals surface area contributed by atoms with Crippen molar-refractivity contribution in [3.8, 4) is 0 Å². The van der Waals surface area contributed by atoms with Crippen LogP contribution in [0.1, 0.15) is 17.2 Å². The fourth-order valence-corrected chi connectivity index (χ4v) is 0.973. The molecule has 4 heteroatoms. The number of aryl methyl sites for hydroxylation is 2. The Labute approximate surface area is 70.4 Å². The molecule has 0 spiro atoms. The van der Waals surface area contributed by atoms with Crippen LogP contribution in [0.2, 0.25) is 0 Å². The maximum absolute atomic E-state index is 9.80. The number of aliphatic imine (C=N–C) groups is 1. The van der Waals surface area contributed by atoms with Crippen molar-refractivity contribution in [3.05, 3.63) is 23.3 Å². The largest absolute Gasteiger partial charge is 0.236 e. The lowest BCUT2D eigenvalue weighted by atomic mass is 10.3. The molecule has 4 nitrogen and oxygen atoms in total. The van der Waals surface area contributed by atoms with Crippen LogP contribution in [0.5, 0.6) is 0 Å². The standard InChI is InChI=1S/C8H9N3O/c1-6-3-7(2)11-8(10-6)4-9-5-12/h3H,4H2,1-2H3. The maximum Gasteiger partial charge on any atom is 0.235 e. The number of aromatic nitrogens is 2. The zero-order valence-corrected chi connectivity index (χ0v) is 7.03. The Hall–Kier alpha value is -1.54. The summed E-state index contributed by atoms with van der Waals surface area (Å²) in [4.78, 5) is 21.4. The van der Waals surface area contributed by atoms with Gasteiger partial charge in [-0.25, -0.2) is 14.8 Å². The van der Waals surface area contributed by atoms with E-state index in [-0.39, 0.29) is 6.54 Å². The number of carbonyl (C=O) groups excluding carboxylic acids is 1. The third-order valence-electron chi connectivity index (χ3n) is 1.31. The first-order valence-corrected chi connectivity index (χ1v) is 3.57. The summed E-state index contributed by atoms with van der Waals surface area (Å²) in [6, 6.07) is 1.87. The Balaban J connectivity index is 2.92. The molecule has 0 aliphatic carbocycles. The first kappa shape index (κ1) is 8.56.